The van der Waals surface area contributed by atoms with Crippen molar-refractivity contribution < 1.29 is 28.5 Å². The van der Waals surface area contributed by atoms with E-state index in [1.807, 2.05) is 24.3 Å². The van der Waals surface area contributed by atoms with Gasteiger partial charge in [-0.2, -0.15) is 0 Å². The summed E-state index contributed by atoms with van der Waals surface area (Å²) in [6.45, 7) is 14.7. The number of hydrogen-bond donors (Lipinski definition) is 2. The third-order valence-electron chi connectivity index (χ3n) is 5.97. The van der Waals surface area contributed by atoms with Crippen LogP contribution < -0.4 is 24.0 Å². The van der Waals surface area contributed by atoms with Gasteiger partial charge in [-0.15, -0.1) is 0 Å². The second kappa shape index (κ2) is 10.2. The molecule has 33 heavy (non-hydrogen) atoms. The van der Waals surface area contributed by atoms with Gasteiger partial charge in [-0.05, 0) is 35.8 Å². The third kappa shape index (κ3) is 6.01. The van der Waals surface area contributed by atoms with E-state index in [2.05, 4.69) is 45.8 Å². The summed E-state index contributed by atoms with van der Waals surface area (Å²) in [5, 5.41) is 13.0. The number of benzene rings is 2. The second-order valence-corrected chi connectivity index (χ2v) is 14.0. The standard InChI is InChI=1S/C25H35NO6Si/c1-16(24(27)28)22(26-18-14-20(29-5)23(31-7)21(15-18)30-6)17-11-10-12-19(13-17)32-33(8,9)25(2,3)4/h10-15,22,26H,1H2,2-9H3,(H,27,28). The average Bonchev–Trinajstić information content (AvgIpc) is 2.75. The summed E-state index contributed by atoms with van der Waals surface area (Å²) in [5.74, 6) is 0.955. The summed E-state index contributed by atoms with van der Waals surface area (Å²) in [7, 11) is 2.50. The summed E-state index contributed by atoms with van der Waals surface area (Å²) in [5.41, 5.74) is 1.30. The number of carboxylic acids is 1. The zero-order chi connectivity index (χ0) is 25.0. The molecule has 7 nitrogen and oxygen atoms in total. The lowest BCUT2D eigenvalue weighted by molar-refractivity contribution is -0.132. The minimum atomic E-state index is -2.07. The van der Waals surface area contributed by atoms with Crippen LogP contribution in [0.1, 0.15) is 32.4 Å². The summed E-state index contributed by atoms with van der Waals surface area (Å²) >= 11 is 0. The van der Waals surface area contributed by atoms with Crippen LogP contribution in [-0.4, -0.2) is 40.7 Å². The first-order valence-electron chi connectivity index (χ1n) is 10.6. The Morgan fingerprint density at radius 3 is 2.06 bits per heavy atom. The van der Waals surface area contributed by atoms with Crippen molar-refractivity contribution in [3.05, 3.63) is 54.1 Å². The molecule has 0 radical (unpaired) electrons. The lowest BCUT2D eigenvalue weighted by atomic mass is 9.99. The lowest BCUT2D eigenvalue weighted by Gasteiger charge is -2.36. The van der Waals surface area contributed by atoms with Crippen molar-refractivity contribution in [2.75, 3.05) is 26.6 Å². The number of carbonyl (C=O) groups is 1. The topological polar surface area (TPSA) is 86.3 Å². The van der Waals surface area contributed by atoms with Crippen molar-refractivity contribution in [2.45, 2.75) is 44.9 Å². The van der Waals surface area contributed by atoms with E-state index < -0.39 is 20.3 Å². The number of carboxylic acid groups (broad SMARTS) is 1. The summed E-state index contributed by atoms with van der Waals surface area (Å²) in [6, 6.07) is 10.2. The Labute approximate surface area is 197 Å². The highest BCUT2D eigenvalue weighted by Gasteiger charge is 2.39. The molecule has 2 aromatic carbocycles. The Bertz CT molecular complexity index is 987. The van der Waals surface area contributed by atoms with E-state index >= 15 is 0 Å². The fraction of sp³-hybridized carbons (Fsp3) is 0.400. The molecule has 0 saturated heterocycles. The predicted molar refractivity (Wildman–Crippen MR) is 134 cm³/mol. The molecule has 2 N–H and O–H groups in total. The normalized spacial score (nSPS) is 12.5. The van der Waals surface area contributed by atoms with Crippen molar-refractivity contribution in [1.29, 1.82) is 0 Å². The van der Waals surface area contributed by atoms with Crippen LogP contribution in [0.5, 0.6) is 23.0 Å². The largest absolute Gasteiger partial charge is 0.543 e. The van der Waals surface area contributed by atoms with Gasteiger partial charge in [0, 0.05) is 17.8 Å². The molecule has 1 atom stereocenters. The molecule has 0 spiro atoms. The average molecular weight is 474 g/mol. The first-order valence-corrected chi connectivity index (χ1v) is 13.5. The van der Waals surface area contributed by atoms with Crippen LogP contribution >= 0.6 is 0 Å². The van der Waals surface area contributed by atoms with Crippen LogP contribution in [0.4, 0.5) is 5.69 Å². The SMILES string of the molecule is C=C(C(=O)O)C(Nc1cc(OC)c(OC)c(OC)c1)c1cccc(O[Si](C)(C)C(C)(C)C)c1. The second-order valence-electron chi connectivity index (χ2n) is 9.26. The maximum absolute atomic E-state index is 11.9. The van der Waals surface area contributed by atoms with Gasteiger partial charge in [-0.1, -0.05) is 39.5 Å². The molecule has 0 aliphatic rings. The van der Waals surface area contributed by atoms with Gasteiger partial charge in [-0.25, -0.2) is 4.79 Å². The Morgan fingerprint density at radius 2 is 1.61 bits per heavy atom. The zero-order valence-corrected chi connectivity index (χ0v) is 21.7. The molecule has 0 aliphatic heterocycles. The third-order valence-corrected chi connectivity index (χ3v) is 10.3. The van der Waals surface area contributed by atoms with E-state index in [0.717, 1.165) is 0 Å². The van der Waals surface area contributed by atoms with Crippen LogP contribution in [0.25, 0.3) is 0 Å². The Kier molecular flexibility index (Phi) is 8.08. The van der Waals surface area contributed by atoms with Crippen molar-refractivity contribution in [3.63, 3.8) is 0 Å². The molecule has 0 aliphatic carbocycles. The fourth-order valence-electron chi connectivity index (χ4n) is 3.03. The number of nitrogens with one attached hydrogen (secondary N) is 1. The maximum Gasteiger partial charge on any atom is 0.333 e. The molecule has 2 aromatic rings. The van der Waals surface area contributed by atoms with E-state index in [4.69, 9.17) is 18.6 Å². The number of aliphatic carboxylic acids is 1. The zero-order valence-electron chi connectivity index (χ0n) is 20.7. The first kappa shape index (κ1) is 26.1. The molecular formula is C25H35NO6Si. The van der Waals surface area contributed by atoms with Gasteiger partial charge in [0.25, 0.3) is 0 Å². The van der Waals surface area contributed by atoms with E-state index in [1.165, 1.54) is 21.3 Å². The van der Waals surface area contributed by atoms with E-state index in [-0.39, 0.29) is 10.6 Å². The minimum Gasteiger partial charge on any atom is -0.543 e. The summed E-state index contributed by atoms with van der Waals surface area (Å²) < 4.78 is 22.6. The van der Waals surface area contributed by atoms with Crippen LogP contribution in [-0.2, 0) is 4.79 Å². The van der Waals surface area contributed by atoms with E-state index in [0.29, 0.717) is 34.2 Å². The first-order chi connectivity index (χ1) is 15.3. The number of hydrogen-bond acceptors (Lipinski definition) is 6. The molecule has 2 rings (SSSR count). The predicted octanol–water partition coefficient (Wildman–Crippen LogP) is 5.89. The monoisotopic (exact) mass is 473 g/mol. The molecule has 8 heteroatoms. The van der Waals surface area contributed by atoms with Crippen LogP contribution in [0, 0.1) is 0 Å². The van der Waals surface area contributed by atoms with E-state index in [9.17, 15) is 9.90 Å². The molecule has 0 aromatic heterocycles. The molecule has 0 heterocycles. The molecule has 0 bridgehead atoms. The summed E-state index contributed by atoms with van der Waals surface area (Å²) in [6.07, 6.45) is 0. The highest BCUT2D eigenvalue weighted by Crippen LogP contribution is 2.42. The van der Waals surface area contributed by atoms with Gasteiger partial charge in [0.1, 0.15) is 5.75 Å². The Morgan fingerprint density at radius 1 is 1.03 bits per heavy atom. The smallest absolute Gasteiger partial charge is 0.333 e. The van der Waals surface area contributed by atoms with Gasteiger partial charge in [-0.3, -0.25) is 0 Å². The van der Waals surface area contributed by atoms with Crippen LogP contribution in [0.2, 0.25) is 18.1 Å². The summed E-state index contributed by atoms with van der Waals surface area (Å²) in [4.78, 5) is 11.9. The van der Waals surface area contributed by atoms with Crippen molar-refractivity contribution in [3.8, 4) is 23.0 Å². The van der Waals surface area contributed by atoms with Gasteiger partial charge < -0.3 is 29.1 Å². The molecule has 0 amide bonds. The fourth-order valence-corrected chi connectivity index (χ4v) is 4.05. The van der Waals surface area contributed by atoms with Gasteiger partial charge in [0.15, 0.2) is 11.5 Å². The minimum absolute atomic E-state index is 0.00627. The molecule has 0 fully saturated rings. The van der Waals surface area contributed by atoms with Crippen LogP contribution in [0.3, 0.4) is 0 Å². The van der Waals surface area contributed by atoms with Gasteiger partial charge >= 0.3 is 5.97 Å². The van der Waals surface area contributed by atoms with Crippen molar-refractivity contribution in [1.82, 2.24) is 0 Å². The lowest BCUT2D eigenvalue weighted by Crippen LogP contribution is -2.43. The molecular weight excluding hydrogens is 438 g/mol. The number of ether oxygens (including phenoxy) is 3. The molecule has 0 saturated carbocycles. The van der Waals surface area contributed by atoms with Crippen molar-refractivity contribution >= 4 is 20.0 Å². The van der Waals surface area contributed by atoms with Gasteiger partial charge in [0.2, 0.25) is 14.1 Å². The quantitative estimate of drug-likeness (QED) is 0.329. The van der Waals surface area contributed by atoms with Crippen LogP contribution in [0.15, 0.2) is 48.6 Å². The number of anilines is 1. The number of rotatable bonds is 10. The van der Waals surface area contributed by atoms with E-state index in [1.54, 1.807) is 12.1 Å². The highest BCUT2D eigenvalue weighted by molar-refractivity contribution is 6.74. The maximum atomic E-state index is 11.9. The Balaban J connectivity index is 2.49. The van der Waals surface area contributed by atoms with Gasteiger partial charge in [0.05, 0.1) is 32.9 Å². The Hall–Kier alpha value is -3.13. The number of methoxy groups -OCH3 is 3. The van der Waals surface area contributed by atoms with Crippen molar-refractivity contribution in [2.24, 2.45) is 0 Å². The highest BCUT2D eigenvalue weighted by atomic mass is 28.4. The molecule has 180 valence electrons. The molecule has 1 unspecified atom stereocenters.